The molecule has 0 spiro atoms. The molecule has 1 aromatic carbocycles. The minimum absolute atomic E-state index is 0.0421. The fourth-order valence-corrected chi connectivity index (χ4v) is 2.73. The number of methoxy groups -OCH3 is 1. The van der Waals surface area contributed by atoms with Gasteiger partial charge in [0.05, 0.1) is 13.2 Å². The van der Waals surface area contributed by atoms with E-state index in [9.17, 15) is 14.7 Å². The molecule has 0 aromatic heterocycles. The summed E-state index contributed by atoms with van der Waals surface area (Å²) in [5.74, 6) is -1.23. The van der Waals surface area contributed by atoms with Crippen molar-refractivity contribution in [3.63, 3.8) is 0 Å². The third-order valence-electron chi connectivity index (χ3n) is 3.85. The van der Waals surface area contributed by atoms with Crippen LogP contribution in [0, 0.1) is 0 Å². The highest BCUT2D eigenvalue weighted by Gasteiger charge is 2.49. The summed E-state index contributed by atoms with van der Waals surface area (Å²) in [6, 6.07) is 9.51. The molecule has 1 aliphatic rings. The number of esters is 2. The first-order valence-electron chi connectivity index (χ1n) is 8.24. The van der Waals surface area contributed by atoms with Gasteiger partial charge >= 0.3 is 11.9 Å². The first kappa shape index (κ1) is 20.3. The highest BCUT2D eigenvalue weighted by atomic mass is 16.7. The van der Waals surface area contributed by atoms with Crippen molar-refractivity contribution in [1.29, 1.82) is 0 Å². The van der Waals surface area contributed by atoms with E-state index >= 15 is 0 Å². The van der Waals surface area contributed by atoms with E-state index in [2.05, 4.69) is 0 Å². The summed E-state index contributed by atoms with van der Waals surface area (Å²) < 4.78 is 26.7. The molecule has 0 saturated carbocycles. The van der Waals surface area contributed by atoms with Crippen molar-refractivity contribution in [2.75, 3.05) is 13.7 Å². The maximum absolute atomic E-state index is 11.4. The standard InChI is InChI=1S/C18H24O8/c1-11(19)24-16-15(21)14(10-23-9-13-7-5-4-6-8-13)26-18(22-3)17(16)25-12(2)20/h4-8,14-18,21H,9-10H2,1-3H3/t14-,15+,16+,17-,18+/m1/s1. The van der Waals surface area contributed by atoms with Crippen LogP contribution in [-0.4, -0.2) is 61.5 Å². The molecular formula is C18H24O8. The van der Waals surface area contributed by atoms with Crippen molar-refractivity contribution in [3.8, 4) is 0 Å². The van der Waals surface area contributed by atoms with Crippen LogP contribution >= 0.6 is 0 Å². The summed E-state index contributed by atoms with van der Waals surface area (Å²) in [6.07, 6.45) is -5.27. The Kier molecular flexibility index (Phi) is 7.52. The number of aliphatic hydroxyl groups is 1. The Morgan fingerprint density at radius 1 is 1.08 bits per heavy atom. The second-order valence-electron chi connectivity index (χ2n) is 5.92. The summed E-state index contributed by atoms with van der Waals surface area (Å²) in [7, 11) is 1.37. The van der Waals surface area contributed by atoms with E-state index in [0.717, 1.165) is 5.56 Å². The van der Waals surface area contributed by atoms with Gasteiger partial charge in [-0.2, -0.15) is 0 Å². The molecular weight excluding hydrogens is 344 g/mol. The van der Waals surface area contributed by atoms with Gasteiger partial charge in [-0.25, -0.2) is 0 Å². The number of aliphatic hydroxyl groups excluding tert-OH is 1. The molecule has 2 rings (SSSR count). The van der Waals surface area contributed by atoms with Crippen LogP contribution in [0.3, 0.4) is 0 Å². The molecule has 0 unspecified atom stereocenters. The van der Waals surface area contributed by atoms with Gasteiger partial charge in [0, 0.05) is 21.0 Å². The summed E-state index contributed by atoms with van der Waals surface area (Å²) >= 11 is 0. The first-order valence-corrected chi connectivity index (χ1v) is 8.24. The number of benzene rings is 1. The summed E-state index contributed by atoms with van der Waals surface area (Å²) in [6.45, 7) is 2.78. The van der Waals surface area contributed by atoms with Gasteiger partial charge in [0.1, 0.15) is 12.2 Å². The Hall–Kier alpha value is -2.00. The lowest BCUT2D eigenvalue weighted by Crippen LogP contribution is -2.61. The monoisotopic (exact) mass is 368 g/mol. The average Bonchev–Trinajstić information content (AvgIpc) is 2.60. The van der Waals surface area contributed by atoms with Crippen LogP contribution in [0.5, 0.6) is 0 Å². The van der Waals surface area contributed by atoms with E-state index in [4.69, 9.17) is 23.7 Å². The zero-order chi connectivity index (χ0) is 19.1. The molecule has 1 aliphatic heterocycles. The highest BCUT2D eigenvalue weighted by molar-refractivity contribution is 5.67. The van der Waals surface area contributed by atoms with E-state index in [1.165, 1.54) is 21.0 Å². The summed E-state index contributed by atoms with van der Waals surface area (Å²) in [4.78, 5) is 22.7. The molecule has 144 valence electrons. The summed E-state index contributed by atoms with van der Waals surface area (Å²) in [5, 5.41) is 10.5. The number of hydrogen-bond acceptors (Lipinski definition) is 8. The smallest absolute Gasteiger partial charge is 0.303 e. The Labute approximate surface area is 151 Å². The number of carbonyl (C=O) groups excluding carboxylic acids is 2. The van der Waals surface area contributed by atoms with Crippen molar-refractivity contribution in [2.24, 2.45) is 0 Å². The minimum atomic E-state index is -1.24. The fraction of sp³-hybridized carbons (Fsp3) is 0.556. The molecule has 1 fully saturated rings. The van der Waals surface area contributed by atoms with E-state index in [0.29, 0.717) is 6.61 Å². The third-order valence-corrected chi connectivity index (χ3v) is 3.85. The molecule has 1 heterocycles. The molecule has 1 N–H and O–H groups in total. The highest BCUT2D eigenvalue weighted by Crippen LogP contribution is 2.27. The Morgan fingerprint density at radius 3 is 2.27 bits per heavy atom. The quantitative estimate of drug-likeness (QED) is 0.706. The van der Waals surface area contributed by atoms with Gasteiger partial charge in [-0.05, 0) is 5.56 Å². The molecule has 0 radical (unpaired) electrons. The van der Waals surface area contributed by atoms with Crippen LogP contribution < -0.4 is 0 Å². The van der Waals surface area contributed by atoms with Gasteiger partial charge in [-0.1, -0.05) is 30.3 Å². The lowest BCUT2D eigenvalue weighted by molar-refractivity contribution is -0.302. The maximum atomic E-state index is 11.4. The average molecular weight is 368 g/mol. The van der Waals surface area contributed by atoms with Gasteiger partial charge in [0.15, 0.2) is 18.5 Å². The molecule has 0 bridgehead atoms. The lowest BCUT2D eigenvalue weighted by Gasteiger charge is -2.42. The minimum Gasteiger partial charge on any atom is -0.455 e. The van der Waals surface area contributed by atoms with Crippen molar-refractivity contribution in [1.82, 2.24) is 0 Å². The number of hydrogen-bond donors (Lipinski definition) is 1. The second kappa shape index (κ2) is 9.63. The Balaban J connectivity index is 2.05. The van der Waals surface area contributed by atoms with Crippen LogP contribution in [0.2, 0.25) is 0 Å². The van der Waals surface area contributed by atoms with Gasteiger partial charge in [0.25, 0.3) is 0 Å². The summed E-state index contributed by atoms with van der Waals surface area (Å²) in [5.41, 5.74) is 0.968. The van der Waals surface area contributed by atoms with E-state index in [-0.39, 0.29) is 6.61 Å². The topological polar surface area (TPSA) is 101 Å². The van der Waals surface area contributed by atoms with Crippen molar-refractivity contribution in [2.45, 2.75) is 51.2 Å². The molecule has 0 amide bonds. The van der Waals surface area contributed by atoms with Crippen LogP contribution in [0.1, 0.15) is 19.4 Å². The Bertz CT molecular complexity index is 590. The van der Waals surface area contributed by atoms with Crippen molar-refractivity contribution < 1.29 is 38.4 Å². The fourth-order valence-electron chi connectivity index (χ4n) is 2.73. The molecule has 5 atom stereocenters. The van der Waals surface area contributed by atoms with Gasteiger partial charge < -0.3 is 28.8 Å². The molecule has 8 nitrogen and oxygen atoms in total. The Morgan fingerprint density at radius 2 is 1.69 bits per heavy atom. The van der Waals surface area contributed by atoms with Crippen LogP contribution in [0.25, 0.3) is 0 Å². The van der Waals surface area contributed by atoms with Gasteiger partial charge in [-0.15, -0.1) is 0 Å². The maximum Gasteiger partial charge on any atom is 0.303 e. The van der Waals surface area contributed by atoms with Crippen LogP contribution in [0.4, 0.5) is 0 Å². The van der Waals surface area contributed by atoms with Crippen molar-refractivity contribution in [3.05, 3.63) is 35.9 Å². The van der Waals surface area contributed by atoms with E-state index in [1.54, 1.807) is 0 Å². The van der Waals surface area contributed by atoms with Gasteiger partial charge in [0.2, 0.25) is 0 Å². The normalized spacial score (nSPS) is 28.4. The van der Waals surface area contributed by atoms with Gasteiger partial charge in [-0.3, -0.25) is 9.59 Å². The first-order chi connectivity index (χ1) is 12.4. The predicted molar refractivity (Wildman–Crippen MR) is 88.9 cm³/mol. The van der Waals surface area contributed by atoms with E-state index in [1.807, 2.05) is 30.3 Å². The third kappa shape index (κ3) is 5.50. The van der Waals surface area contributed by atoms with Crippen LogP contribution in [-0.2, 0) is 39.9 Å². The number of carbonyl (C=O) groups is 2. The SMILES string of the molecule is CO[C@H]1O[C@H](COCc2ccccc2)[C@H](O)[C@H](OC(C)=O)[C@H]1OC(C)=O. The molecule has 0 aliphatic carbocycles. The largest absolute Gasteiger partial charge is 0.455 e. The van der Waals surface area contributed by atoms with Crippen LogP contribution in [0.15, 0.2) is 30.3 Å². The van der Waals surface area contributed by atoms with E-state index < -0.39 is 42.6 Å². The molecule has 8 heteroatoms. The zero-order valence-corrected chi connectivity index (χ0v) is 15.0. The molecule has 26 heavy (non-hydrogen) atoms. The number of rotatable bonds is 7. The second-order valence-corrected chi connectivity index (χ2v) is 5.92. The number of ether oxygens (including phenoxy) is 5. The molecule has 1 aromatic rings. The van der Waals surface area contributed by atoms with Crippen molar-refractivity contribution >= 4 is 11.9 Å². The predicted octanol–water partition coefficient (Wildman–Crippen LogP) is 0.799. The zero-order valence-electron chi connectivity index (χ0n) is 15.0. The lowest BCUT2D eigenvalue weighted by atomic mass is 9.98. The molecule has 1 saturated heterocycles.